The average Bonchev–Trinajstić information content (AvgIpc) is 3.35. The van der Waals surface area contributed by atoms with E-state index in [1.54, 1.807) is 6.08 Å². The second-order valence-corrected chi connectivity index (χ2v) is 23.1. The molecule has 2 N–H and O–H groups in total. The van der Waals surface area contributed by atoms with Crippen molar-refractivity contribution in [1.82, 2.24) is 5.32 Å². The summed E-state index contributed by atoms with van der Waals surface area (Å²) in [7, 11) is 1.22. The number of allylic oxidation sites excluding steroid dienone is 13. The number of rotatable bonds is 55. The number of unbranched alkanes of at least 4 members (excludes halogenated alkanes) is 30. The molecule has 424 valence electrons. The Labute approximate surface area is 452 Å². The number of phosphoric acid groups is 1. The minimum absolute atomic E-state index is 0.0146. The van der Waals surface area contributed by atoms with Gasteiger partial charge >= 0.3 is 0 Å². The fourth-order valence-electron chi connectivity index (χ4n) is 8.61. The molecular weight excluding hydrogens is 924 g/mol. The van der Waals surface area contributed by atoms with Crippen molar-refractivity contribution in [3.63, 3.8) is 0 Å². The SMILES string of the molecule is CC/C=C\C/C=C\C/C=C\C/C=C\C/C=C\CCCCCCCC(=O)NC(COP(=O)([O-])OCC[N+](C)(C)C)C(O)/C=C/CC/C=C/CCCCCCCCCCCCCCCCCCCCCCCCCC. The van der Waals surface area contributed by atoms with Crippen LogP contribution in [0.1, 0.15) is 264 Å². The lowest BCUT2D eigenvalue weighted by Crippen LogP contribution is -2.45. The summed E-state index contributed by atoms with van der Waals surface area (Å²) in [6.45, 7) is 4.51. The first-order valence-corrected chi connectivity index (χ1v) is 31.9. The van der Waals surface area contributed by atoms with Crippen LogP contribution in [0.5, 0.6) is 0 Å². The third-order valence-corrected chi connectivity index (χ3v) is 14.3. The van der Waals surface area contributed by atoms with E-state index < -0.39 is 26.6 Å². The van der Waals surface area contributed by atoms with Crippen molar-refractivity contribution in [3.05, 3.63) is 85.1 Å². The Kier molecular flexibility index (Phi) is 52.7. The highest BCUT2D eigenvalue weighted by Crippen LogP contribution is 2.38. The number of phosphoric ester groups is 1. The first-order valence-electron chi connectivity index (χ1n) is 30.4. The molecule has 0 aromatic carbocycles. The topological polar surface area (TPSA) is 108 Å². The molecule has 9 heteroatoms. The van der Waals surface area contributed by atoms with Crippen LogP contribution in [-0.4, -0.2) is 68.5 Å². The summed E-state index contributed by atoms with van der Waals surface area (Å²) < 4.78 is 23.3. The Morgan fingerprint density at radius 3 is 1.27 bits per heavy atom. The van der Waals surface area contributed by atoms with Crippen molar-refractivity contribution in [2.24, 2.45) is 0 Å². The highest BCUT2D eigenvalue weighted by Gasteiger charge is 2.23. The first-order chi connectivity index (χ1) is 35.5. The normalized spacial score (nSPS) is 14.5. The maximum atomic E-state index is 13.0. The fourth-order valence-corrected chi connectivity index (χ4v) is 9.33. The van der Waals surface area contributed by atoms with Crippen LogP contribution in [0, 0.1) is 0 Å². The van der Waals surface area contributed by atoms with Crippen LogP contribution >= 0.6 is 7.82 Å². The number of likely N-dealkylation sites (N-methyl/N-ethyl adjacent to an activating group) is 1. The third kappa shape index (κ3) is 57.2. The number of quaternary nitrogens is 1. The highest BCUT2D eigenvalue weighted by molar-refractivity contribution is 7.45. The summed E-state index contributed by atoms with van der Waals surface area (Å²) in [6.07, 6.45) is 76.8. The number of hydrogen-bond acceptors (Lipinski definition) is 6. The van der Waals surface area contributed by atoms with Crippen molar-refractivity contribution in [1.29, 1.82) is 0 Å². The molecule has 0 aliphatic rings. The number of aliphatic hydroxyl groups excluding tert-OH is 1. The number of hydrogen-bond donors (Lipinski definition) is 2. The van der Waals surface area contributed by atoms with Gasteiger partial charge in [-0.25, -0.2) is 0 Å². The van der Waals surface area contributed by atoms with Crippen molar-refractivity contribution in [2.45, 2.75) is 276 Å². The van der Waals surface area contributed by atoms with Gasteiger partial charge in [0, 0.05) is 6.42 Å². The molecule has 0 heterocycles. The summed E-state index contributed by atoms with van der Waals surface area (Å²) in [5.41, 5.74) is 0. The number of carbonyl (C=O) groups excluding carboxylic acids is 1. The van der Waals surface area contributed by atoms with E-state index in [-0.39, 0.29) is 12.5 Å². The van der Waals surface area contributed by atoms with Gasteiger partial charge in [0.1, 0.15) is 13.2 Å². The van der Waals surface area contributed by atoms with Crippen LogP contribution < -0.4 is 10.2 Å². The zero-order valence-electron chi connectivity index (χ0n) is 48.3. The fraction of sp³-hybridized carbons (Fsp3) is 0.766. The van der Waals surface area contributed by atoms with Crippen LogP contribution in [0.15, 0.2) is 85.1 Å². The van der Waals surface area contributed by atoms with E-state index in [4.69, 9.17) is 9.05 Å². The van der Waals surface area contributed by atoms with Crippen LogP contribution in [-0.2, 0) is 18.4 Å². The van der Waals surface area contributed by atoms with Crippen molar-refractivity contribution in [2.75, 3.05) is 40.9 Å². The summed E-state index contributed by atoms with van der Waals surface area (Å²) in [6, 6.07) is -0.921. The molecule has 8 nitrogen and oxygen atoms in total. The Morgan fingerprint density at radius 1 is 0.493 bits per heavy atom. The van der Waals surface area contributed by atoms with Crippen LogP contribution in [0.3, 0.4) is 0 Å². The lowest BCUT2D eigenvalue weighted by molar-refractivity contribution is -0.870. The summed E-state index contributed by atoms with van der Waals surface area (Å²) in [5.74, 6) is -0.227. The second-order valence-electron chi connectivity index (χ2n) is 21.7. The van der Waals surface area contributed by atoms with Gasteiger partial charge in [-0.05, 0) is 77.0 Å². The molecule has 0 bridgehead atoms. The smallest absolute Gasteiger partial charge is 0.268 e. The molecule has 0 radical (unpaired) electrons. The number of nitrogens with one attached hydrogen (secondary N) is 1. The predicted octanol–water partition coefficient (Wildman–Crippen LogP) is 18.2. The van der Waals surface area contributed by atoms with Gasteiger partial charge in [-0.1, -0.05) is 266 Å². The minimum Gasteiger partial charge on any atom is -0.756 e. The molecule has 0 fully saturated rings. The van der Waals surface area contributed by atoms with Gasteiger partial charge in [-0.2, -0.15) is 0 Å². The van der Waals surface area contributed by atoms with Crippen LogP contribution in [0.4, 0.5) is 0 Å². The molecule has 0 spiro atoms. The zero-order valence-corrected chi connectivity index (χ0v) is 49.2. The number of nitrogens with zero attached hydrogens (tertiary/aromatic N) is 1. The van der Waals surface area contributed by atoms with E-state index in [0.717, 1.165) is 89.9 Å². The molecule has 0 aliphatic heterocycles. The molecule has 0 aromatic rings. The molecule has 73 heavy (non-hydrogen) atoms. The Balaban J connectivity index is 4.23. The molecule has 0 saturated heterocycles. The van der Waals surface area contributed by atoms with E-state index in [9.17, 15) is 19.4 Å². The molecular formula is C64H117N2O6P. The molecule has 1 amide bonds. The summed E-state index contributed by atoms with van der Waals surface area (Å²) in [4.78, 5) is 25.5. The maximum Gasteiger partial charge on any atom is 0.268 e. The van der Waals surface area contributed by atoms with Gasteiger partial charge < -0.3 is 28.8 Å². The Hall–Kier alpha value is -2.32. The quantitative estimate of drug-likeness (QED) is 0.0272. The number of aliphatic hydroxyl groups is 1. The molecule has 0 saturated carbocycles. The van der Waals surface area contributed by atoms with E-state index in [1.807, 2.05) is 27.2 Å². The van der Waals surface area contributed by atoms with Gasteiger partial charge in [0.05, 0.1) is 39.9 Å². The third-order valence-electron chi connectivity index (χ3n) is 13.3. The number of carbonyl (C=O) groups is 1. The van der Waals surface area contributed by atoms with E-state index in [1.165, 1.54) is 154 Å². The largest absolute Gasteiger partial charge is 0.756 e. The van der Waals surface area contributed by atoms with Gasteiger partial charge in [0.15, 0.2) is 0 Å². The zero-order chi connectivity index (χ0) is 53.5. The van der Waals surface area contributed by atoms with Crippen molar-refractivity contribution >= 4 is 13.7 Å². The predicted molar refractivity (Wildman–Crippen MR) is 316 cm³/mol. The van der Waals surface area contributed by atoms with E-state index >= 15 is 0 Å². The molecule has 0 aliphatic carbocycles. The highest BCUT2D eigenvalue weighted by atomic mass is 31.2. The van der Waals surface area contributed by atoms with Crippen LogP contribution in [0.2, 0.25) is 0 Å². The van der Waals surface area contributed by atoms with E-state index in [2.05, 4.69) is 92.1 Å². The van der Waals surface area contributed by atoms with Crippen LogP contribution in [0.25, 0.3) is 0 Å². The van der Waals surface area contributed by atoms with Gasteiger partial charge in [-0.15, -0.1) is 0 Å². The molecule has 3 atom stereocenters. The Bertz CT molecular complexity index is 1460. The van der Waals surface area contributed by atoms with Gasteiger partial charge in [0.25, 0.3) is 7.82 Å². The van der Waals surface area contributed by atoms with Crippen molar-refractivity contribution < 1.29 is 32.9 Å². The molecule has 0 aromatic heterocycles. The molecule has 3 unspecified atom stereocenters. The van der Waals surface area contributed by atoms with E-state index in [0.29, 0.717) is 17.4 Å². The first kappa shape index (κ1) is 70.7. The molecule has 0 rings (SSSR count). The monoisotopic (exact) mass is 1040 g/mol. The van der Waals surface area contributed by atoms with Gasteiger partial charge in [-0.3, -0.25) is 9.36 Å². The van der Waals surface area contributed by atoms with Gasteiger partial charge in [0.2, 0.25) is 5.91 Å². The number of amides is 1. The minimum atomic E-state index is -4.62. The standard InChI is InChI=1S/C64H117N2O6P/c1-6-8-10-12-14-16-18-20-22-24-26-28-29-30-31-32-33-34-35-36-38-39-41-43-45-47-49-51-53-55-57-63(67)62(61-72-73(69,70)71-60-59-66(3,4)5)65-64(68)58-56-54-52-50-48-46-44-42-40-37-27-25-23-21-19-17-15-13-11-9-7-2/h9,11,15,17,21,23,27,37,42,44,47,49,55,57,62-63,67H,6-8,10,12-14,16,18-20,22,24-26,28-36,38-41,43,45-46,48,50-54,56,58-61H2,1-5H3,(H-,65,68,69,70)/b11-9-,17-15-,23-21-,37-27-,44-42-,49-47+,57-55+. The van der Waals surface area contributed by atoms with Crippen molar-refractivity contribution in [3.8, 4) is 0 Å². The summed E-state index contributed by atoms with van der Waals surface area (Å²) >= 11 is 0. The second kappa shape index (κ2) is 54.5. The Morgan fingerprint density at radius 2 is 0.849 bits per heavy atom. The lowest BCUT2D eigenvalue weighted by atomic mass is 10.0. The lowest BCUT2D eigenvalue weighted by Gasteiger charge is -2.29. The summed E-state index contributed by atoms with van der Waals surface area (Å²) in [5, 5.41) is 13.9. The maximum absolute atomic E-state index is 13.0. The average molecular weight is 1040 g/mol.